The molecule has 1 aromatic heterocycles. The molecule has 0 radical (unpaired) electrons. The number of benzene rings is 1. The number of nitrogens with zero attached hydrogens (tertiary/aromatic N) is 1. The molecule has 0 atom stereocenters. The summed E-state index contributed by atoms with van der Waals surface area (Å²) in [5.41, 5.74) is 1.02. The summed E-state index contributed by atoms with van der Waals surface area (Å²) in [7, 11) is 0. The summed E-state index contributed by atoms with van der Waals surface area (Å²) in [5.74, 6) is 1.41. The van der Waals surface area contributed by atoms with Gasteiger partial charge in [0.15, 0.2) is 0 Å². The Bertz CT molecular complexity index is 561. The summed E-state index contributed by atoms with van der Waals surface area (Å²) in [6.45, 7) is 3.27. The minimum Gasteiger partial charge on any atom is -0.487 e. The molecule has 5 heteroatoms. The standard InChI is InChI=1S/C14H14Cl2N2O/c1-2-17-13-8-10(6-7-18-13)9-19-12-5-3-4-11(15)14(12)16/h3-8H,2,9H2,1H3,(H,17,18). The number of aromatic nitrogens is 1. The monoisotopic (exact) mass is 296 g/mol. The smallest absolute Gasteiger partial charge is 0.139 e. The first kappa shape index (κ1) is 14.0. The summed E-state index contributed by atoms with van der Waals surface area (Å²) < 4.78 is 5.66. The lowest BCUT2D eigenvalue weighted by Crippen LogP contribution is -2.01. The van der Waals surface area contributed by atoms with Crippen LogP contribution in [0.1, 0.15) is 12.5 Å². The number of pyridine rings is 1. The zero-order valence-electron chi connectivity index (χ0n) is 10.5. The van der Waals surface area contributed by atoms with Crippen LogP contribution in [0.5, 0.6) is 5.75 Å². The summed E-state index contributed by atoms with van der Waals surface area (Å²) in [4.78, 5) is 4.20. The Morgan fingerprint density at radius 2 is 2.11 bits per heavy atom. The van der Waals surface area contributed by atoms with Crippen molar-refractivity contribution in [3.8, 4) is 5.75 Å². The second-order valence-corrected chi connectivity index (χ2v) is 4.71. The van der Waals surface area contributed by atoms with E-state index in [1.807, 2.05) is 19.1 Å². The van der Waals surface area contributed by atoms with Gasteiger partial charge < -0.3 is 10.1 Å². The summed E-state index contributed by atoms with van der Waals surface area (Å²) in [6, 6.07) is 9.18. The molecule has 2 rings (SSSR count). The molecule has 19 heavy (non-hydrogen) atoms. The maximum absolute atomic E-state index is 6.06. The predicted octanol–water partition coefficient (Wildman–Crippen LogP) is 4.40. The van der Waals surface area contributed by atoms with E-state index in [1.54, 1.807) is 24.4 Å². The molecule has 100 valence electrons. The molecule has 0 amide bonds. The van der Waals surface area contributed by atoms with Crippen molar-refractivity contribution in [2.45, 2.75) is 13.5 Å². The summed E-state index contributed by atoms with van der Waals surface area (Å²) >= 11 is 12.0. The lowest BCUT2D eigenvalue weighted by Gasteiger charge is -2.10. The van der Waals surface area contributed by atoms with Crippen LogP contribution in [0.15, 0.2) is 36.5 Å². The van der Waals surface area contributed by atoms with Gasteiger partial charge in [0.1, 0.15) is 23.2 Å². The molecular formula is C14H14Cl2N2O. The molecule has 0 aliphatic rings. The zero-order chi connectivity index (χ0) is 13.7. The minimum absolute atomic E-state index is 0.418. The Kier molecular flexibility index (Phi) is 4.88. The van der Waals surface area contributed by atoms with Gasteiger partial charge in [-0.15, -0.1) is 0 Å². The molecule has 0 unspecified atom stereocenters. The molecule has 2 aromatic rings. The molecular weight excluding hydrogens is 283 g/mol. The summed E-state index contributed by atoms with van der Waals surface area (Å²) in [5, 5.41) is 4.08. The van der Waals surface area contributed by atoms with Crippen LogP contribution in [0, 0.1) is 0 Å². The second kappa shape index (κ2) is 6.64. The van der Waals surface area contributed by atoms with Gasteiger partial charge in [-0.25, -0.2) is 4.98 Å². The van der Waals surface area contributed by atoms with Gasteiger partial charge in [0.05, 0.1) is 5.02 Å². The van der Waals surface area contributed by atoms with Crippen LogP contribution in [-0.2, 0) is 6.61 Å². The third-order valence-corrected chi connectivity index (χ3v) is 3.29. The molecule has 0 fully saturated rings. The number of rotatable bonds is 5. The third-order valence-electron chi connectivity index (χ3n) is 2.49. The van der Waals surface area contributed by atoms with Gasteiger partial charge in [-0.2, -0.15) is 0 Å². The Morgan fingerprint density at radius 1 is 1.26 bits per heavy atom. The number of hydrogen-bond acceptors (Lipinski definition) is 3. The zero-order valence-corrected chi connectivity index (χ0v) is 12.0. The van der Waals surface area contributed by atoms with Crippen LogP contribution in [0.3, 0.4) is 0 Å². The minimum atomic E-state index is 0.418. The first-order valence-corrected chi connectivity index (χ1v) is 6.72. The molecule has 0 saturated carbocycles. The summed E-state index contributed by atoms with van der Waals surface area (Å²) in [6.07, 6.45) is 1.75. The van der Waals surface area contributed by atoms with Crippen LogP contribution >= 0.6 is 23.2 Å². The van der Waals surface area contributed by atoms with Crippen molar-refractivity contribution in [3.05, 3.63) is 52.1 Å². The number of ether oxygens (including phenoxy) is 1. The molecule has 1 heterocycles. The van der Waals surface area contributed by atoms with Crippen molar-refractivity contribution in [1.29, 1.82) is 0 Å². The van der Waals surface area contributed by atoms with Crippen molar-refractivity contribution < 1.29 is 4.74 Å². The van der Waals surface area contributed by atoms with Gasteiger partial charge in [-0.05, 0) is 36.8 Å². The van der Waals surface area contributed by atoms with Gasteiger partial charge in [0.25, 0.3) is 0 Å². The van der Waals surface area contributed by atoms with Crippen LogP contribution < -0.4 is 10.1 Å². The van der Waals surface area contributed by atoms with Crippen LogP contribution in [0.25, 0.3) is 0 Å². The molecule has 0 aliphatic heterocycles. The molecule has 1 aromatic carbocycles. The van der Waals surface area contributed by atoms with Gasteiger partial charge in [-0.1, -0.05) is 29.3 Å². The number of halogens is 2. The Hall–Kier alpha value is -1.45. The van der Waals surface area contributed by atoms with E-state index in [-0.39, 0.29) is 0 Å². The Morgan fingerprint density at radius 3 is 2.89 bits per heavy atom. The van der Waals surface area contributed by atoms with Crippen LogP contribution in [0.2, 0.25) is 10.0 Å². The van der Waals surface area contributed by atoms with E-state index in [4.69, 9.17) is 27.9 Å². The Labute approximate surface area is 122 Å². The van der Waals surface area contributed by atoms with Gasteiger partial charge >= 0.3 is 0 Å². The van der Waals surface area contributed by atoms with Crippen LogP contribution in [0.4, 0.5) is 5.82 Å². The molecule has 3 nitrogen and oxygen atoms in total. The molecule has 1 N–H and O–H groups in total. The molecule has 0 aliphatic carbocycles. The van der Waals surface area contributed by atoms with E-state index in [0.29, 0.717) is 22.4 Å². The van der Waals surface area contributed by atoms with E-state index in [0.717, 1.165) is 17.9 Å². The lowest BCUT2D eigenvalue weighted by atomic mass is 10.2. The fourth-order valence-electron chi connectivity index (χ4n) is 1.60. The third kappa shape index (κ3) is 3.75. The van der Waals surface area contributed by atoms with Crippen molar-refractivity contribution in [3.63, 3.8) is 0 Å². The van der Waals surface area contributed by atoms with E-state index < -0.39 is 0 Å². The normalized spacial score (nSPS) is 10.3. The number of hydrogen-bond donors (Lipinski definition) is 1. The SMILES string of the molecule is CCNc1cc(COc2cccc(Cl)c2Cl)ccn1. The lowest BCUT2D eigenvalue weighted by molar-refractivity contribution is 0.306. The average Bonchev–Trinajstić information content (AvgIpc) is 2.41. The quantitative estimate of drug-likeness (QED) is 0.888. The van der Waals surface area contributed by atoms with Crippen molar-refractivity contribution in [1.82, 2.24) is 4.98 Å². The van der Waals surface area contributed by atoms with Crippen molar-refractivity contribution in [2.24, 2.45) is 0 Å². The topological polar surface area (TPSA) is 34.1 Å². The number of nitrogens with one attached hydrogen (secondary N) is 1. The highest BCUT2D eigenvalue weighted by Gasteiger charge is 2.05. The van der Waals surface area contributed by atoms with E-state index in [2.05, 4.69) is 10.3 Å². The first-order chi connectivity index (χ1) is 9.20. The van der Waals surface area contributed by atoms with Gasteiger partial charge in [0, 0.05) is 12.7 Å². The first-order valence-electron chi connectivity index (χ1n) is 5.96. The molecule has 0 saturated heterocycles. The van der Waals surface area contributed by atoms with Crippen LogP contribution in [-0.4, -0.2) is 11.5 Å². The maximum atomic E-state index is 6.06. The largest absolute Gasteiger partial charge is 0.487 e. The highest BCUT2D eigenvalue weighted by Crippen LogP contribution is 2.31. The Balaban J connectivity index is 2.06. The second-order valence-electron chi connectivity index (χ2n) is 3.92. The van der Waals surface area contributed by atoms with Crippen molar-refractivity contribution >= 4 is 29.0 Å². The maximum Gasteiger partial charge on any atom is 0.139 e. The highest BCUT2D eigenvalue weighted by atomic mass is 35.5. The van der Waals surface area contributed by atoms with E-state index in [1.165, 1.54) is 0 Å². The predicted molar refractivity (Wildman–Crippen MR) is 79.2 cm³/mol. The van der Waals surface area contributed by atoms with E-state index in [9.17, 15) is 0 Å². The van der Waals surface area contributed by atoms with Crippen molar-refractivity contribution in [2.75, 3.05) is 11.9 Å². The van der Waals surface area contributed by atoms with E-state index >= 15 is 0 Å². The fraction of sp³-hybridized carbons (Fsp3) is 0.214. The fourth-order valence-corrected chi connectivity index (χ4v) is 1.94. The molecule has 0 bridgehead atoms. The molecule has 0 spiro atoms. The van der Waals surface area contributed by atoms with Gasteiger partial charge in [0.2, 0.25) is 0 Å². The highest BCUT2D eigenvalue weighted by molar-refractivity contribution is 6.42. The number of anilines is 1. The van der Waals surface area contributed by atoms with Gasteiger partial charge in [-0.3, -0.25) is 0 Å². The average molecular weight is 297 g/mol.